The molecule has 5 heteroatoms. The van der Waals surface area contributed by atoms with Crippen LogP contribution in [-0.2, 0) is 0 Å². The highest BCUT2D eigenvalue weighted by atomic mass is 35.5. The van der Waals surface area contributed by atoms with Crippen molar-refractivity contribution in [1.29, 1.82) is 0 Å². The van der Waals surface area contributed by atoms with Gasteiger partial charge in [-0.2, -0.15) is 0 Å². The monoisotopic (exact) mass is 211 g/mol. The van der Waals surface area contributed by atoms with Gasteiger partial charge in [-0.15, -0.1) is 21.5 Å². The zero-order valence-corrected chi connectivity index (χ0v) is 8.43. The van der Waals surface area contributed by atoms with Gasteiger partial charge in [-0.1, -0.05) is 11.6 Å². The molecule has 13 heavy (non-hydrogen) atoms. The van der Waals surface area contributed by atoms with Gasteiger partial charge in [0, 0.05) is 0 Å². The van der Waals surface area contributed by atoms with E-state index in [0.29, 0.717) is 10.8 Å². The van der Waals surface area contributed by atoms with Gasteiger partial charge >= 0.3 is 0 Å². The summed E-state index contributed by atoms with van der Waals surface area (Å²) in [5.74, 6) is 0. The molecule has 0 spiro atoms. The topological polar surface area (TPSA) is 38.7 Å². The molecule has 0 bridgehead atoms. The molecule has 0 aliphatic carbocycles. The van der Waals surface area contributed by atoms with Crippen LogP contribution in [0.2, 0.25) is 5.15 Å². The average Bonchev–Trinajstić information content (AvgIpc) is 2.52. The Morgan fingerprint density at radius 3 is 2.92 bits per heavy atom. The number of hydrogen-bond donors (Lipinski definition) is 0. The fraction of sp³-hybridized carbons (Fsp3) is 0.125. The molecule has 66 valence electrons. The first kappa shape index (κ1) is 8.59. The molecule has 0 aliphatic heterocycles. The molecule has 0 saturated heterocycles. The molecule has 0 saturated carbocycles. The van der Waals surface area contributed by atoms with Crippen LogP contribution in [0, 0.1) is 6.92 Å². The maximum absolute atomic E-state index is 5.88. The molecule has 0 aromatic carbocycles. The predicted octanol–water partition coefficient (Wildman–Crippen LogP) is 2.56. The molecular formula is C8H6ClN3S. The van der Waals surface area contributed by atoms with Gasteiger partial charge in [-0.25, -0.2) is 4.98 Å². The molecule has 0 fully saturated rings. The fourth-order valence-electron chi connectivity index (χ4n) is 1.02. The number of nitrogens with zero attached hydrogens (tertiary/aromatic N) is 3. The van der Waals surface area contributed by atoms with E-state index in [1.54, 1.807) is 11.3 Å². The third-order valence-electron chi connectivity index (χ3n) is 1.65. The number of thiophene rings is 1. The van der Waals surface area contributed by atoms with Crippen LogP contribution in [0.25, 0.3) is 10.6 Å². The Morgan fingerprint density at radius 1 is 1.46 bits per heavy atom. The predicted molar refractivity (Wildman–Crippen MR) is 52.9 cm³/mol. The highest BCUT2D eigenvalue weighted by Gasteiger charge is 2.09. The van der Waals surface area contributed by atoms with Crippen molar-refractivity contribution >= 4 is 22.9 Å². The van der Waals surface area contributed by atoms with E-state index >= 15 is 0 Å². The molecule has 2 rings (SSSR count). The lowest BCUT2D eigenvalue weighted by Gasteiger charge is -1.98. The van der Waals surface area contributed by atoms with Crippen molar-refractivity contribution in [3.8, 4) is 10.6 Å². The molecule has 0 amide bonds. The van der Waals surface area contributed by atoms with Crippen LogP contribution in [0.5, 0.6) is 0 Å². The largest absolute Gasteiger partial charge is 0.220 e. The minimum atomic E-state index is 0.403. The van der Waals surface area contributed by atoms with Crippen molar-refractivity contribution < 1.29 is 0 Å². The van der Waals surface area contributed by atoms with E-state index in [1.165, 1.54) is 6.33 Å². The van der Waals surface area contributed by atoms with E-state index in [4.69, 9.17) is 11.6 Å². The summed E-state index contributed by atoms with van der Waals surface area (Å²) in [6, 6.07) is 2.02. The van der Waals surface area contributed by atoms with Crippen molar-refractivity contribution in [1.82, 2.24) is 15.2 Å². The van der Waals surface area contributed by atoms with Crippen LogP contribution in [0.4, 0.5) is 0 Å². The zero-order chi connectivity index (χ0) is 9.26. The van der Waals surface area contributed by atoms with Crippen LogP contribution < -0.4 is 0 Å². The summed E-state index contributed by atoms with van der Waals surface area (Å²) in [6.45, 7) is 2.01. The smallest absolute Gasteiger partial charge is 0.159 e. The summed E-state index contributed by atoms with van der Waals surface area (Å²) in [5.41, 5.74) is 1.81. The molecule has 2 aromatic rings. The van der Waals surface area contributed by atoms with E-state index in [2.05, 4.69) is 15.2 Å². The minimum Gasteiger partial charge on any atom is -0.220 e. The first-order valence-electron chi connectivity index (χ1n) is 3.66. The standard InChI is InChI=1S/C8H6ClN3S/c1-5-2-3-13-7(5)6-8(9)10-4-11-12-6/h2-4H,1H3. The van der Waals surface area contributed by atoms with Gasteiger partial charge in [0.25, 0.3) is 0 Å². The molecule has 0 unspecified atom stereocenters. The third kappa shape index (κ3) is 1.55. The van der Waals surface area contributed by atoms with Gasteiger partial charge < -0.3 is 0 Å². The van der Waals surface area contributed by atoms with Crippen LogP contribution in [0.3, 0.4) is 0 Å². The van der Waals surface area contributed by atoms with E-state index in [0.717, 1.165) is 10.4 Å². The number of halogens is 1. The summed E-state index contributed by atoms with van der Waals surface area (Å²) in [4.78, 5) is 4.91. The van der Waals surface area contributed by atoms with Gasteiger partial charge in [0.2, 0.25) is 0 Å². The second kappa shape index (κ2) is 3.40. The number of aryl methyl sites for hydroxylation is 1. The Morgan fingerprint density at radius 2 is 2.31 bits per heavy atom. The quantitative estimate of drug-likeness (QED) is 0.728. The van der Waals surface area contributed by atoms with E-state index in [9.17, 15) is 0 Å². The summed E-state index contributed by atoms with van der Waals surface area (Å²) in [5, 5.41) is 10.1. The lowest BCUT2D eigenvalue weighted by atomic mass is 10.2. The second-order valence-corrected chi connectivity index (χ2v) is 3.81. The van der Waals surface area contributed by atoms with E-state index in [-0.39, 0.29) is 0 Å². The first-order chi connectivity index (χ1) is 6.29. The van der Waals surface area contributed by atoms with E-state index < -0.39 is 0 Å². The van der Waals surface area contributed by atoms with Crippen LogP contribution in [-0.4, -0.2) is 15.2 Å². The SMILES string of the molecule is Cc1ccsc1-c1nncnc1Cl. The van der Waals surface area contributed by atoms with Crippen LogP contribution in [0.15, 0.2) is 17.8 Å². The van der Waals surface area contributed by atoms with Gasteiger partial charge in [-0.05, 0) is 23.9 Å². The summed E-state index contributed by atoms with van der Waals surface area (Å²) in [7, 11) is 0. The molecule has 0 N–H and O–H groups in total. The van der Waals surface area contributed by atoms with Gasteiger partial charge in [0.05, 0.1) is 4.88 Å². The Labute approximate surface area is 84.4 Å². The normalized spacial score (nSPS) is 10.3. The average molecular weight is 212 g/mol. The Hall–Kier alpha value is -1.00. The highest BCUT2D eigenvalue weighted by molar-refractivity contribution is 7.13. The molecular weight excluding hydrogens is 206 g/mol. The lowest BCUT2D eigenvalue weighted by molar-refractivity contribution is 0.978. The summed E-state index contributed by atoms with van der Waals surface area (Å²) in [6.07, 6.45) is 1.34. The Kier molecular flexibility index (Phi) is 2.24. The maximum Gasteiger partial charge on any atom is 0.159 e. The summed E-state index contributed by atoms with van der Waals surface area (Å²) < 4.78 is 0. The molecule has 3 nitrogen and oxygen atoms in total. The second-order valence-electron chi connectivity index (χ2n) is 2.53. The van der Waals surface area contributed by atoms with Crippen LogP contribution in [0.1, 0.15) is 5.56 Å². The van der Waals surface area contributed by atoms with Crippen molar-refractivity contribution in [2.75, 3.05) is 0 Å². The van der Waals surface area contributed by atoms with Crippen molar-refractivity contribution in [3.05, 3.63) is 28.5 Å². The lowest BCUT2D eigenvalue weighted by Crippen LogP contribution is -1.90. The van der Waals surface area contributed by atoms with Gasteiger partial charge in [-0.3, -0.25) is 0 Å². The minimum absolute atomic E-state index is 0.403. The van der Waals surface area contributed by atoms with Crippen molar-refractivity contribution in [3.63, 3.8) is 0 Å². The molecule has 2 heterocycles. The third-order valence-corrected chi connectivity index (χ3v) is 2.95. The first-order valence-corrected chi connectivity index (χ1v) is 4.92. The molecule has 0 atom stereocenters. The number of aromatic nitrogens is 3. The van der Waals surface area contributed by atoms with Crippen LogP contribution >= 0.6 is 22.9 Å². The maximum atomic E-state index is 5.88. The fourth-order valence-corrected chi connectivity index (χ4v) is 2.16. The molecule has 2 aromatic heterocycles. The summed E-state index contributed by atoms with van der Waals surface area (Å²) >= 11 is 7.47. The molecule has 0 aliphatic rings. The Bertz CT molecular complexity index is 427. The van der Waals surface area contributed by atoms with Crippen molar-refractivity contribution in [2.24, 2.45) is 0 Å². The highest BCUT2D eigenvalue weighted by Crippen LogP contribution is 2.30. The van der Waals surface area contributed by atoms with E-state index in [1.807, 2.05) is 18.4 Å². The number of hydrogen-bond acceptors (Lipinski definition) is 4. The van der Waals surface area contributed by atoms with Gasteiger partial charge in [0.15, 0.2) is 5.15 Å². The molecule has 0 radical (unpaired) electrons. The van der Waals surface area contributed by atoms with Crippen molar-refractivity contribution in [2.45, 2.75) is 6.92 Å². The zero-order valence-electron chi connectivity index (χ0n) is 6.86. The Balaban J connectivity index is 2.59. The van der Waals surface area contributed by atoms with Gasteiger partial charge in [0.1, 0.15) is 12.0 Å². The number of rotatable bonds is 1.